The maximum atomic E-state index is 12.7. The van der Waals surface area contributed by atoms with E-state index in [1.165, 1.54) is 154 Å². The van der Waals surface area contributed by atoms with Crippen LogP contribution in [0.15, 0.2) is 0 Å². The third-order valence-corrected chi connectivity index (χ3v) is 11.0. The first kappa shape index (κ1) is 52.4. The van der Waals surface area contributed by atoms with Crippen LogP contribution in [-0.2, 0) is 28.6 Å². The summed E-state index contributed by atoms with van der Waals surface area (Å²) < 4.78 is 17.1. The van der Waals surface area contributed by atoms with Crippen molar-refractivity contribution in [1.82, 2.24) is 5.32 Å². The Morgan fingerprint density at radius 1 is 0.333 bits per heavy atom. The largest absolute Gasteiger partial charge is 0.463 e. The van der Waals surface area contributed by atoms with Crippen LogP contribution in [0.1, 0.15) is 252 Å². The molecular formula is C47H91NO6. The summed E-state index contributed by atoms with van der Waals surface area (Å²) in [6, 6.07) is 0. The Labute approximate surface area is 335 Å². The molecule has 0 radical (unpaired) electrons. The molecule has 0 heterocycles. The van der Waals surface area contributed by atoms with Gasteiger partial charge in [0.2, 0.25) is 0 Å². The van der Waals surface area contributed by atoms with Crippen LogP contribution in [-0.4, -0.2) is 50.3 Å². The van der Waals surface area contributed by atoms with Crippen LogP contribution in [0.4, 0.5) is 0 Å². The van der Waals surface area contributed by atoms with E-state index in [9.17, 15) is 14.4 Å². The SMILES string of the molecule is CCCCCCCCCCCCCC(=O)OCC(COC(=O)CCCCCCCCCCCCC)(COC(=O)CCCCCCCCCCCCC)NC. The third-order valence-electron chi connectivity index (χ3n) is 11.0. The molecule has 0 saturated carbocycles. The Balaban J connectivity index is 4.60. The lowest BCUT2D eigenvalue weighted by atomic mass is 10.0. The number of esters is 3. The highest BCUT2D eigenvalue weighted by Gasteiger charge is 2.34. The van der Waals surface area contributed by atoms with Gasteiger partial charge >= 0.3 is 17.9 Å². The van der Waals surface area contributed by atoms with Crippen LogP contribution in [0, 0.1) is 0 Å². The predicted molar refractivity (Wildman–Crippen MR) is 228 cm³/mol. The predicted octanol–water partition coefficient (Wildman–Crippen LogP) is 13.7. The van der Waals surface area contributed by atoms with E-state index in [1.807, 2.05) is 0 Å². The summed E-state index contributed by atoms with van der Waals surface area (Å²) in [6.45, 7) is 6.71. The molecule has 0 atom stereocenters. The summed E-state index contributed by atoms with van der Waals surface area (Å²) in [4.78, 5) is 38.2. The molecule has 0 fully saturated rings. The van der Waals surface area contributed by atoms with Crippen molar-refractivity contribution in [2.24, 2.45) is 0 Å². The molecule has 320 valence electrons. The molecule has 0 rings (SSSR count). The van der Waals surface area contributed by atoms with Crippen molar-refractivity contribution < 1.29 is 28.6 Å². The molecule has 0 aromatic carbocycles. The quantitative estimate of drug-likeness (QED) is 0.0375. The van der Waals surface area contributed by atoms with Crippen LogP contribution >= 0.6 is 0 Å². The second kappa shape index (κ2) is 41.0. The molecular weight excluding hydrogens is 675 g/mol. The van der Waals surface area contributed by atoms with Crippen LogP contribution in [0.2, 0.25) is 0 Å². The van der Waals surface area contributed by atoms with Gasteiger partial charge in [0.15, 0.2) is 0 Å². The number of ether oxygens (including phenoxy) is 3. The molecule has 0 aliphatic heterocycles. The fourth-order valence-electron chi connectivity index (χ4n) is 7.01. The molecule has 0 bridgehead atoms. The number of rotatable bonds is 43. The highest BCUT2D eigenvalue weighted by atomic mass is 16.6. The van der Waals surface area contributed by atoms with E-state index in [2.05, 4.69) is 26.1 Å². The Bertz CT molecular complexity index is 730. The molecule has 1 N–H and O–H groups in total. The van der Waals surface area contributed by atoms with Crippen molar-refractivity contribution >= 4 is 17.9 Å². The zero-order chi connectivity index (χ0) is 39.6. The zero-order valence-electron chi connectivity index (χ0n) is 36.5. The lowest BCUT2D eigenvalue weighted by molar-refractivity contribution is -0.156. The Morgan fingerprint density at radius 2 is 0.519 bits per heavy atom. The molecule has 0 unspecified atom stereocenters. The summed E-state index contributed by atoms with van der Waals surface area (Å²) in [5.41, 5.74) is -0.980. The minimum atomic E-state index is -0.980. The highest BCUT2D eigenvalue weighted by Crippen LogP contribution is 2.17. The van der Waals surface area contributed by atoms with Gasteiger partial charge in [-0.1, -0.05) is 213 Å². The van der Waals surface area contributed by atoms with Gasteiger partial charge in [-0.05, 0) is 26.3 Å². The lowest BCUT2D eigenvalue weighted by Crippen LogP contribution is -2.56. The molecule has 7 nitrogen and oxygen atoms in total. The van der Waals surface area contributed by atoms with Gasteiger partial charge in [-0.2, -0.15) is 0 Å². The van der Waals surface area contributed by atoms with Crippen molar-refractivity contribution in [3.8, 4) is 0 Å². The molecule has 0 spiro atoms. The summed E-state index contributed by atoms with van der Waals surface area (Å²) in [5, 5.41) is 3.19. The smallest absolute Gasteiger partial charge is 0.305 e. The molecule has 0 aliphatic carbocycles. The number of unbranched alkanes of at least 4 members (excludes halogenated alkanes) is 30. The fraction of sp³-hybridized carbons (Fsp3) is 0.936. The van der Waals surface area contributed by atoms with E-state index < -0.39 is 5.54 Å². The summed E-state index contributed by atoms with van der Waals surface area (Å²) in [6.07, 6.45) is 41.5. The molecule has 0 aromatic heterocycles. The average Bonchev–Trinajstić information content (AvgIpc) is 3.18. The first-order valence-electron chi connectivity index (χ1n) is 23.6. The molecule has 54 heavy (non-hydrogen) atoms. The molecule has 0 aromatic rings. The number of carbonyl (C=O) groups excluding carboxylic acids is 3. The molecule has 0 amide bonds. The Hall–Kier alpha value is -1.63. The van der Waals surface area contributed by atoms with Gasteiger partial charge in [-0.15, -0.1) is 0 Å². The van der Waals surface area contributed by atoms with E-state index in [0.717, 1.165) is 57.8 Å². The van der Waals surface area contributed by atoms with Gasteiger partial charge in [0.25, 0.3) is 0 Å². The van der Waals surface area contributed by atoms with E-state index in [0.29, 0.717) is 19.3 Å². The van der Waals surface area contributed by atoms with Crippen LogP contribution in [0.3, 0.4) is 0 Å². The molecule has 0 aliphatic rings. The normalized spacial score (nSPS) is 11.6. The lowest BCUT2D eigenvalue weighted by Gasteiger charge is -2.31. The maximum absolute atomic E-state index is 12.7. The van der Waals surface area contributed by atoms with Crippen molar-refractivity contribution in [2.45, 2.75) is 257 Å². The zero-order valence-corrected chi connectivity index (χ0v) is 36.5. The summed E-state index contributed by atoms with van der Waals surface area (Å²) in [5.74, 6) is -0.777. The van der Waals surface area contributed by atoms with E-state index in [4.69, 9.17) is 14.2 Å². The van der Waals surface area contributed by atoms with Gasteiger partial charge in [-0.3, -0.25) is 14.4 Å². The van der Waals surface area contributed by atoms with Crippen molar-refractivity contribution in [2.75, 3.05) is 26.9 Å². The van der Waals surface area contributed by atoms with Crippen LogP contribution < -0.4 is 5.32 Å². The number of carbonyl (C=O) groups is 3. The van der Waals surface area contributed by atoms with Crippen LogP contribution in [0.5, 0.6) is 0 Å². The Morgan fingerprint density at radius 3 is 0.704 bits per heavy atom. The minimum Gasteiger partial charge on any atom is -0.463 e. The maximum Gasteiger partial charge on any atom is 0.305 e. The average molecular weight is 766 g/mol. The third kappa shape index (κ3) is 36.0. The Kier molecular flexibility index (Phi) is 39.8. The van der Waals surface area contributed by atoms with Crippen molar-refractivity contribution in [3.63, 3.8) is 0 Å². The summed E-state index contributed by atoms with van der Waals surface area (Å²) in [7, 11) is 1.74. The van der Waals surface area contributed by atoms with Gasteiger partial charge in [0, 0.05) is 19.3 Å². The van der Waals surface area contributed by atoms with Gasteiger partial charge < -0.3 is 19.5 Å². The van der Waals surface area contributed by atoms with Crippen molar-refractivity contribution in [3.05, 3.63) is 0 Å². The van der Waals surface area contributed by atoms with Crippen LogP contribution in [0.25, 0.3) is 0 Å². The summed E-state index contributed by atoms with van der Waals surface area (Å²) >= 11 is 0. The van der Waals surface area contributed by atoms with Gasteiger partial charge in [0.1, 0.15) is 25.4 Å². The number of nitrogens with one attached hydrogen (secondary N) is 1. The molecule has 7 heteroatoms. The second-order valence-electron chi connectivity index (χ2n) is 16.4. The monoisotopic (exact) mass is 766 g/mol. The number of hydrogen-bond donors (Lipinski definition) is 1. The first-order valence-corrected chi connectivity index (χ1v) is 23.6. The standard InChI is InChI=1S/C47H91NO6/c1-5-8-11-14-17-20-23-26-29-32-35-38-44(49)52-41-47(48-4,42-53-45(50)39-36-33-30-27-24-21-18-15-12-9-6-2)43-54-46(51)40-37-34-31-28-25-22-19-16-13-10-7-3/h48H,5-43H2,1-4H3. The topological polar surface area (TPSA) is 90.9 Å². The van der Waals surface area contributed by atoms with Crippen molar-refractivity contribution in [1.29, 1.82) is 0 Å². The second-order valence-corrected chi connectivity index (χ2v) is 16.4. The highest BCUT2D eigenvalue weighted by molar-refractivity contribution is 5.70. The van der Waals surface area contributed by atoms with Gasteiger partial charge in [-0.25, -0.2) is 0 Å². The number of likely N-dealkylation sites (N-methyl/N-ethyl adjacent to an activating group) is 1. The fourth-order valence-corrected chi connectivity index (χ4v) is 7.01. The minimum absolute atomic E-state index is 0.0161. The molecule has 0 saturated heterocycles. The van der Waals surface area contributed by atoms with E-state index >= 15 is 0 Å². The van der Waals surface area contributed by atoms with E-state index in [-0.39, 0.29) is 37.7 Å². The first-order chi connectivity index (χ1) is 26.4. The number of hydrogen-bond acceptors (Lipinski definition) is 7. The van der Waals surface area contributed by atoms with Gasteiger partial charge in [0.05, 0.1) is 0 Å². The van der Waals surface area contributed by atoms with E-state index in [1.54, 1.807) is 7.05 Å².